The molecule has 0 saturated carbocycles. The Labute approximate surface area is 108 Å². The van der Waals surface area contributed by atoms with E-state index >= 15 is 0 Å². The second-order valence-electron chi connectivity index (χ2n) is 4.92. The lowest BCUT2D eigenvalue weighted by Crippen LogP contribution is -2.37. The smallest absolute Gasteiger partial charge is 0.0795 e. The van der Waals surface area contributed by atoms with E-state index in [2.05, 4.69) is 34.4 Å². The lowest BCUT2D eigenvalue weighted by Gasteiger charge is -2.31. The van der Waals surface area contributed by atoms with Crippen molar-refractivity contribution in [3.05, 3.63) is 16.6 Å². The van der Waals surface area contributed by atoms with Gasteiger partial charge in [-0.05, 0) is 51.9 Å². The maximum Gasteiger partial charge on any atom is 0.0795 e. The third kappa shape index (κ3) is 3.76. The normalized spacial score (nSPS) is 20.6. The number of likely N-dealkylation sites (tertiary alicyclic amines) is 1. The summed E-state index contributed by atoms with van der Waals surface area (Å²) in [5.74, 6) is 0.846. The molecule has 3 nitrogen and oxygen atoms in total. The van der Waals surface area contributed by atoms with Gasteiger partial charge in [0.25, 0.3) is 0 Å². The minimum Gasteiger partial charge on any atom is -0.309 e. The van der Waals surface area contributed by atoms with Gasteiger partial charge in [0.15, 0.2) is 0 Å². The van der Waals surface area contributed by atoms with Crippen LogP contribution >= 0.6 is 11.3 Å². The van der Waals surface area contributed by atoms with Crippen LogP contribution in [-0.4, -0.2) is 36.1 Å². The molecule has 0 aliphatic carbocycles. The maximum atomic E-state index is 4.35. The van der Waals surface area contributed by atoms with E-state index in [0.29, 0.717) is 6.04 Å². The molecule has 0 radical (unpaired) electrons. The zero-order chi connectivity index (χ0) is 12.1. The van der Waals surface area contributed by atoms with E-state index in [9.17, 15) is 0 Å². The highest BCUT2D eigenvalue weighted by molar-refractivity contribution is 7.07. The molecular weight excluding hydrogens is 230 g/mol. The van der Waals surface area contributed by atoms with Gasteiger partial charge in [0, 0.05) is 11.4 Å². The van der Waals surface area contributed by atoms with Crippen LogP contribution in [0.25, 0.3) is 0 Å². The number of hydrogen-bond acceptors (Lipinski definition) is 4. The molecule has 0 spiro atoms. The highest BCUT2D eigenvalue weighted by Crippen LogP contribution is 2.18. The molecule has 0 amide bonds. The maximum absolute atomic E-state index is 4.35. The second-order valence-corrected chi connectivity index (χ2v) is 5.64. The van der Waals surface area contributed by atoms with Gasteiger partial charge in [0.05, 0.1) is 11.2 Å². The molecule has 96 valence electrons. The lowest BCUT2D eigenvalue weighted by atomic mass is 9.96. The number of aromatic nitrogens is 1. The van der Waals surface area contributed by atoms with Gasteiger partial charge in [-0.2, -0.15) is 0 Å². The van der Waals surface area contributed by atoms with Gasteiger partial charge in [-0.15, -0.1) is 11.3 Å². The molecule has 1 saturated heterocycles. The van der Waals surface area contributed by atoms with Gasteiger partial charge in [0.2, 0.25) is 0 Å². The van der Waals surface area contributed by atoms with Gasteiger partial charge < -0.3 is 10.2 Å². The lowest BCUT2D eigenvalue weighted by molar-refractivity contribution is 0.188. The fourth-order valence-electron chi connectivity index (χ4n) is 2.39. The first-order valence-corrected chi connectivity index (χ1v) is 7.57. The van der Waals surface area contributed by atoms with Crippen molar-refractivity contribution in [2.75, 3.05) is 26.2 Å². The van der Waals surface area contributed by atoms with E-state index in [1.54, 1.807) is 11.3 Å². The van der Waals surface area contributed by atoms with Crippen molar-refractivity contribution < 1.29 is 0 Å². The molecule has 1 aromatic rings. The quantitative estimate of drug-likeness (QED) is 0.874. The van der Waals surface area contributed by atoms with Crippen molar-refractivity contribution >= 4 is 11.3 Å². The van der Waals surface area contributed by atoms with Gasteiger partial charge in [-0.1, -0.05) is 6.92 Å². The molecular formula is C13H23N3S. The second kappa shape index (κ2) is 6.47. The molecule has 0 aromatic carbocycles. The van der Waals surface area contributed by atoms with Crippen molar-refractivity contribution in [3.63, 3.8) is 0 Å². The summed E-state index contributed by atoms with van der Waals surface area (Å²) < 4.78 is 0. The van der Waals surface area contributed by atoms with Crippen molar-refractivity contribution in [3.8, 4) is 0 Å². The Kier molecular flexibility index (Phi) is 4.95. The number of rotatable bonds is 5. The third-order valence-corrected chi connectivity index (χ3v) is 4.37. The van der Waals surface area contributed by atoms with Crippen LogP contribution in [0, 0.1) is 5.92 Å². The van der Waals surface area contributed by atoms with E-state index in [1.165, 1.54) is 38.2 Å². The Balaban J connectivity index is 1.69. The first-order chi connectivity index (χ1) is 8.29. The van der Waals surface area contributed by atoms with Crippen molar-refractivity contribution in [1.29, 1.82) is 0 Å². The SMILES string of the molecule is CCN1CCC(CNC(C)c2cscn2)CC1. The summed E-state index contributed by atoms with van der Waals surface area (Å²) in [6.07, 6.45) is 2.68. The minimum atomic E-state index is 0.394. The van der Waals surface area contributed by atoms with Gasteiger partial charge >= 0.3 is 0 Å². The van der Waals surface area contributed by atoms with Crippen LogP contribution in [0.4, 0.5) is 0 Å². The number of hydrogen-bond donors (Lipinski definition) is 1. The zero-order valence-electron chi connectivity index (χ0n) is 10.9. The molecule has 1 aliphatic rings. The van der Waals surface area contributed by atoms with Crippen LogP contribution in [0.3, 0.4) is 0 Å². The van der Waals surface area contributed by atoms with Crippen LogP contribution in [0.2, 0.25) is 0 Å². The molecule has 1 aliphatic heterocycles. The summed E-state index contributed by atoms with van der Waals surface area (Å²) in [7, 11) is 0. The van der Waals surface area contributed by atoms with Crippen LogP contribution in [0.1, 0.15) is 38.4 Å². The van der Waals surface area contributed by atoms with Crippen molar-refractivity contribution in [1.82, 2.24) is 15.2 Å². The minimum absolute atomic E-state index is 0.394. The third-order valence-electron chi connectivity index (χ3n) is 3.76. The first kappa shape index (κ1) is 13.0. The Morgan fingerprint density at radius 1 is 1.53 bits per heavy atom. The molecule has 1 fully saturated rings. The molecule has 4 heteroatoms. The molecule has 17 heavy (non-hydrogen) atoms. The predicted molar refractivity (Wildman–Crippen MR) is 73.4 cm³/mol. The molecule has 2 rings (SSSR count). The zero-order valence-corrected chi connectivity index (χ0v) is 11.7. The van der Waals surface area contributed by atoms with Gasteiger partial charge in [0.1, 0.15) is 0 Å². The summed E-state index contributed by atoms with van der Waals surface area (Å²) in [6, 6.07) is 0.394. The van der Waals surface area contributed by atoms with E-state index < -0.39 is 0 Å². The highest BCUT2D eigenvalue weighted by Gasteiger charge is 2.18. The summed E-state index contributed by atoms with van der Waals surface area (Å²) in [4.78, 5) is 6.90. The summed E-state index contributed by atoms with van der Waals surface area (Å²) >= 11 is 1.67. The van der Waals surface area contributed by atoms with Crippen LogP contribution in [0.5, 0.6) is 0 Å². The Bertz CT molecular complexity index is 304. The van der Waals surface area contributed by atoms with Crippen molar-refractivity contribution in [2.45, 2.75) is 32.7 Å². The number of nitrogens with zero attached hydrogens (tertiary/aromatic N) is 2. The monoisotopic (exact) mass is 253 g/mol. The van der Waals surface area contributed by atoms with E-state index in [-0.39, 0.29) is 0 Å². The number of thiazole rings is 1. The Hall–Kier alpha value is -0.450. The summed E-state index contributed by atoms with van der Waals surface area (Å²) in [5, 5.41) is 5.75. The topological polar surface area (TPSA) is 28.2 Å². The molecule has 2 heterocycles. The molecule has 1 N–H and O–H groups in total. The average molecular weight is 253 g/mol. The Morgan fingerprint density at radius 2 is 2.29 bits per heavy atom. The largest absolute Gasteiger partial charge is 0.309 e. The van der Waals surface area contributed by atoms with E-state index in [0.717, 1.165) is 12.5 Å². The van der Waals surface area contributed by atoms with Gasteiger partial charge in [-0.3, -0.25) is 0 Å². The fraction of sp³-hybridized carbons (Fsp3) is 0.769. The highest BCUT2D eigenvalue weighted by atomic mass is 32.1. The van der Waals surface area contributed by atoms with Crippen LogP contribution in [0.15, 0.2) is 10.9 Å². The predicted octanol–water partition coefficient (Wildman–Crippen LogP) is 2.53. The number of piperidine rings is 1. The summed E-state index contributed by atoms with van der Waals surface area (Å²) in [6.45, 7) is 9.34. The molecule has 1 aromatic heterocycles. The Morgan fingerprint density at radius 3 is 2.88 bits per heavy atom. The van der Waals surface area contributed by atoms with E-state index in [1.807, 2.05) is 5.51 Å². The van der Waals surface area contributed by atoms with Crippen LogP contribution < -0.4 is 5.32 Å². The average Bonchev–Trinajstić information content (AvgIpc) is 2.90. The molecule has 0 bridgehead atoms. The first-order valence-electron chi connectivity index (χ1n) is 6.63. The fourth-order valence-corrected chi connectivity index (χ4v) is 3.04. The van der Waals surface area contributed by atoms with Crippen LogP contribution in [-0.2, 0) is 0 Å². The molecule has 1 unspecified atom stereocenters. The molecule has 1 atom stereocenters. The summed E-state index contributed by atoms with van der Waals surface area (Å²) in [5.41, 5.74) is 3.09. The van der Waals surface area contributed by atoms with E-state index in [4.69, 9.17) is 0 Å². The number of nitrogens with one attached hydrogen (secondary N) is 1. The standard InChI is InChI=1S/C13H23N3S/c1-3-16-6-4-12(5-7-16)8-14-11(2)13-9-17-10-15-13/h9-12,14H,3-8H2,1-2H3. The van der Waals surface area contributed by atoms with Gasteiger partial charge in [-0.25, -0.2) is 4.98 Å². The van der Waals surface area contributed by atoms with Crippen molar-refractivity contribution in [2.24, 2.45) is 5.92 Å².